The van der Waals surface area contributed by atoms with E-state index in [1.165, 1.54) is 15.3 Å². The summed E-state index contributed by atoms with van der Waals surface area (Å²) in [5, 5.41) is 4.24. The van der Waals surface area contributed by atoms with E-state index < -0.39 is 0 Å². The summed E-state index contributed by atoms with van der Waals surface area (Å²) in [6.07, 6.45) is 2.03. The monoisotopic (exact) mass is 419 g/mol. The van der Waals surface area contributed by atoms with E-state index >= 15 is 0 Å². The standard InChI is InChI=1S/C24H21NO2S2/c26-23(11-9-18-8-10-20(27-18)17-5-2-1-3-6-17)25-14-12-21-19(13-16-29-21)24(25)22-7-4-15-28-22/h1-8,10,13,15-16,24H,9,11-12,14H2/t24-/m0/s1. The number of fused-ring (bicyclic) bond motifs is 1. The molecule has 0 bridgehead atoms. The van der Waals surface area contributed by atoms with Gasteiger partial charge in [0.1, 0.15) is 11.5 Å². The van der Waals surface area contributed by atoms with E-state index in [1.54, 1.807) is 22.7 Å². The minimum atomic E-state index is 0.0500. The van der Waals surface area contributed by atoms with E-state index in [-0.39, 0.29) is 11.9 Å². The highest BCUT2D eigenvalue weighted by atomic mass is 32.1. The van der Waals surface area contributed by atoms with E-state index in [9.17, 15) is 4.79 Å². The lowest BCUT2D eigenvalue weighted by Crippen LogP contribution is -2.39. The third kappa shape index (κ3) is 3.68. The molecule has 1 aliphatic rings. The Morgan fingerprint density at radius 3 is 2.72 bits per heavy atom. The quantitative estimate of drug-likeness (QED) is 0.387. The Morgan fingerprint density at radius 2 is 1.90 bits per heavy atom. The third-order valence-electron chi connectivity index (χ3n) is 5.40. The molecule has 1 amide bonds. The fourth-order valence-electron chi connectivity index (χ4n) is 3.98. The first-order valence-electron chi connectivity index (χ1n) is 9.83. The Kier molecular flexibility index (Phi) is 5.08. The summed E-state index contributed by atoms with van der Waals surface area (Å²) in [4.78, 5) is 17.9. The second-order valence-electron chi connectivity index (χ2n) is 7.19. The van der Waals surface area contributed by atoms with Crippen molar-refractivity contribution >= 4 is 28.6 Å². The van der Waals surface area contributed by atoms with Gasteiger partial charge in [-0.05, 0) is 47.0 Å². The molecule has 146 valence electrons. The summed E-state index contributed by atoms with van der Waals surface area (Å²) < 4.78 is 5.98. The van der Waals surface area contributed by atoms with Crippen molar-refractivity contribution in [2.45, 2.75) is 25.3 Å². The molecule has 0 aliphatic carbocycles. The van der Waals surface area contributed by atoms with Crippen LogP contribution in [0.15, 0.2) is 75.8 Å². The van der Waals surface area contributed by atoms with Gasteiger partial charge in [-0.3, -0.25) is 4.79 Å². The van der Waals surface area contributed by atoms with E-state index in [1.807, 2.05) is 42.5 Å². The van der Waals surface area contributed by atoms with Crippen molar-refractivity contribution in [3.8, 4) is 11.3 Å². The number of hydrogen-bond donors (Lipinski definition) is 0. The molecule has 1 aromatic carbocycles. The van der Waals surface area contributed by atoms with Crippen LogP contribution in [0.1, 0.15) is 33.5 Å². The number of benzene rings is 1. The van der Waals surface area contributed by atoms with Crippen LogP contribution in [-0.4, -0.2) is 17.4 Å². The number of carbonyl (C=O) groups excluding carboxylic acids is 1. The van der Waals surface area contributed by atoms with Crippen LogP contribution in [0.4, 0.5) is 0 Å². The second-order valence-corrected chi connectivity index (χ2v) is 9.17. The molecule has 5 rings (SSSR count). The van der Waals surface area contributed by atoms with Gasteiger partial charge in [-0.15, -0.1) is 22.7 Å². The molecule has 0 fully saturated rings. The normalized spacial score (nSPS) is 16.0. The van der Waals surface area contributed by atoms with Gasteiger partial charge in [0.15, 0.2) is 0 Å². The molecule has 0 radical (unpaired) electrons. The minimum Gasteiger partial charge on any atom is -0.461 e. The van der Waals surface area contributed by atoms with E-state index in [2.05, 4.69) is 33.9 Å². The van der Waals surface area contributed by atoms with Gasteiger partial charge in [-0.1, -0.05) is 36.4 Å². The van der Waals surface area contributed by atoms with E-state index in [0.717, 1.165) is 30.0 Å². The van der Waals surface area contributed by atoms with Crippen molar-refractivity contribution in [1.29, 1.82) is 0 Å². The van der Waals surface area contributed by atoms with Crippen molar-refractivity contribution in [3.63, 3.8) is 0 Å². The van der Waals surface area contributed by atoms with Crippen LogP contribution in [0.5, 0.6) is 0 Å². The Morgan fingerprint density at radius 1 is 1.00 bits per heavy atom. The van der Waals surface area contributed by atoms with Crippen molar-refractivity contribution in [1.82, 2.24) is 4.90 Å². The van der Waals surface area contributed by atoms with Crippen LogP contribution in [0.2, 0.25) is 0 Å². The molecular weight excluding hydrogens is 398 g/mol. The lowest BCUT2D eigenvalue weighted by Gasteiger charge is -2.35. The predicted molar refractivity (Wildman–Crippen MR) is 118 cm³/mol. The summed E-state index contributed by atoms with van der Waals surface area (Å²) >= 11 is 3.53. The molecule has 3 aromatic heterocycles. The van der Waals surface area contributed by atoms with Crippen LogP contribution in [0, 0.1) is 0 Å². The van der Waals surface area contributed by atoms with Crippen LogP contribution in [-0.2, 0) is 17.6 Å². The first-order valence-corrected chi connectivity index (χ1v) is 11.6. The van der Waals surface area contributed by atoms with Gasteiger partial charge in [0, 0.05) is 34.7 Å². The van der Waals surface area contributed by atoms with Crippen molar-refractivity contribution in [3.05, 3.63) is 92.5 Å². The smallest absolute Gasteiger partial charge is 0.223 e. The molecule has 4 heterocycles. The Bertz CT molecular complexity index is 1100. The second kappa shape index (κ2) is 8.01. The molecule has 29 heavy (non-hydrogen) atoms. The maximum absolute atomic E-state index is 13.2. The molecule has 0 unspecified atom stereocenters. The zero-order chi connectivity index (χ0) is 19.6. The van der Waals surface area contributed by atoms with Crippen LogP contribution < -0.4 is 0 Å². The highest BCUT2D eigenvalue weighted by molar-refractivity contribution is 7.10. The molecule has 3 nitrogen and oxygen atoms in total. The fourth-order valence-corrected chi connectivity index (χ4v) is 5.74. The average Bonchev–Trinajstić information content (AvgIpc) is 3.53. The molecule has 5 heteroatoms. The Hall–Kier alpha value is -2.63. The number of hydrogen-bond acceptors (Lipinski definition) is 4. The maximum atomic E-state index is 13.2. The molecule has 1 aliphatic heterocycles. The van der Waals surface area contributed by atoms with Crippen LogP contribution >= 0.6 is 22.7 Å². The number of rotatable bonds is 5. The number of amides is 1. The van der Waals surface area contributed by atoms with Crippen molar-refractivity contribution < 1.29 is 9.21 Å². The van der Waals surface area contributed by atoms with Crippen molar-refractivity contribution in [2.75, 3.05) is 6.54 Å². The minimum absolute atomic E-state index is 0.0500. The first kappa shape index (κ1) is 18.4. The lowest BCUT2D eigenvalue weighted by molar-refractivity contribution is -0.133. The number of aryl methyl sites for hydroxylation is 1. The van der Waals surface area contributed by atoms with Gasteiger partial charge < -0.3 is 9.32 Å². The average molecular weight is 420 g/mol. The predicted octanol–water partition coefficient (Wildman–Crippen LogP) is 6.18. The number of thiophene rings is 2. The van der Waals surface area contributed by atoms with Crippen LogP contribution in [0.3, 0.4) is 0 Å². The first-order chi connectivity index (χ1) is 14.3. The van der Waals surface area contributed by atoms with Gasteiger partial charge in [-0.2, -0.15) is 0 Å². The van der Waals surface area contributed by atoms with Crippen LogP contribution in [0.25, 0.3) is 11.3 Å². The van der Waals surface area contributed by atoms with E-state index in [0.29, 0.717) is 12.8 Å². The summed E-state index contributed by atoms with van der Waals surface area (Å²) in [7, 11) is 0. The molecule has 4 aromatic rings. The van der Waals surface area contributed by atoms with Gasteiger partial charge >= 0.3 is 0 Å². The zero-order valence-electron chi connectivity index (χ0n) is 15.9. The molecule has 0 saturated heterocycles. The number of furan rings is 1. The lowest BCUT2D eigenvalue weighted by atomic mass is 9.98. The molecule has 1 atom stereocenters. The largest absolute Gasteiger partial charge is 0.461 e. The fraction of sp³-hybridized carbons (Fsp3) is 0.208. The van der Waals surface area contributed by atoms with Gasteiger partial charge in [-0.25, -0.2) is 0 Å². The summed E-state index contributed by atoms with van der Waals surface area (Å²) in [5.41, 5.74) is 2.35. The van der Waals surface area contributed by atoms with Gasteiger partial charge in [0.05, 0.1) is 6.04 Å². The summed E-state index contributed by atoms with van der Waals surface area (Å²) in [6.45, 7) is 0.780. The topological polar surface area (TPSA) is 33.5 Å². The maximum Gasteiger partial charge on any atom is 0.223 e. The summed E-state index contributed by atoms with van der Waals surface area (Å²) in [6, 6.07) is 20.5. The Labute approximate surface area is 178 Å². The molecule has 0 N–H and O–H groups in total. The molecular formula is C24H21NO2S2. The Balaban J connectivity index is 1.31. The summed E-state index contributed by atoms with van der Waals surface area (Å²) in [5.74, 6) is 1.90. The zero-order valence-corrected chi connectivity index (χ0v) is 17.5. The highest BCUT2D eigenvalue weighted by Crippen LogP contribution is 2.39. The van der Waals surface area contributed by atoms with E-state index in [4.69, 9.17) is 4.42 Å². The van der Waals surface area contributed by atoms with Gasteiger partial charge in [0.2, 0.25) is 5.91 Å². The number of carbonyl (C=O) groups is 1. The highest BCUT2D eigenvalue weighted by Gasteiger charge is 2.33. The number of nitrogens with zero attached hydrogens (tertiary/aromatic N) is 1. The molecule has 0 spiro atoms. The van der Waals surface area contributed by atoms with Crippen molar-refractivity contribution in [2.24, 2.45) is 0 Å². The third-order valence-corrected chi connectivity index (χ3v) is 7.33. The SMILES string of the molecule is O=C(CCc1ccc(-c2ccccc2)o1)N1CCc2sccc2[C@H]1c1cccs1. The molecule has 0 saturated carbocycles. The van der Waals surface area contributed by atoms with Gasteiger partial charge in [0.25, 0.3) is 0 Å².